The van der Waals surface area contributed by atoms with E-state index in [1.54, 1.807) is 24.4 Å². The molecule has 3 rings (SSSR count). The van der Waals surface area contributed by atoms with Crippen LogP contribution < -0.4 is 10.4 Å². The molecule has 1 N–H and O–H groups in total. The highest BCUT2D eigenvalue weighted by atomic mass is 79.9. The van der Waals surface area contributed by atoms with E-state index in [4.69, 9.17) is 14.3 Å². The van der Waals surface area contributed by atoms with Crippen molar-refractivity contribution in [2.45, 2.75) is 6.92 Å². The fourth-order valence-corrected chi connectivity index (χ4v) is 3.74. The number of carbonyl (C=O) groups excluding carboxylic acids is 1. The van der Waals surface area contributed by atoms with Crippen LogP contribution in [-0.4, -0.2) is 17.0 Å². The van der Waals surface area contributed by atoms with Crippen molar-refractivity contribution < 1.29 is 23.8 Å². The maximum Gasteiger partial charge on any atom is 0.354 e. The molecule has 0 aliphatic heterocycles. The van der Waals surface area contributed by atoms with E-state index < -0.39 is 23.1 Å². The normalized spacial score (nSPS) is 10.8. The molecule has 0 saturated heterocycles. The average molecular weight is 488 g/mol. The van der Waals surface area contributed by atoms with Crippen LogP contribution in [0.4, 0.5) is 0 Å². The monoisotopic (exact) mass is 486 g/mol. The number of fused-ring (bicyclic) bond motifs is 1. The van der Waals surface area contributed by atoms with Crippen molar-refractivity contribution in [3.05, 3.63) is 58.9 Å². The molecule has 128 valence electrons. The Morgan fingerprint density at radius 3 is 2.60 bits per heavy atom. The highest BCUT2D eigenvalue weighted by Gasteiger charge is 2.22. The lowest BCUT2D eigenvalue weighted by Crippen LogP contribution is -2.14. The van der Waals surface area contributed by atoms with Crippen LogP contribution in [0, 0.1) is 6.92 Å². The lowest BCUT2D eigenvalue weighted by Gasteiger charge is -2.10. The Morgan fingerprint density at radius 1 is 1.28 bits per heavy atom. The topological polar surface area (TPSA) is 93.8 Å². The molecule has 1 aromatic carbocycles. The second-order valence-corrected chi connectivity index (χ2v) is 7.56. The number of thiophene rings is 1. The van der Waals surface area contributed by atoms with Gasteiger partial charge in [0.1, 0.15) is 10.4 Å². The largest absolute Gasteiger partial charge is 0.477 e. The zero-order valence-electron chi connectivity index (χ0n) is 12.5. The summed E-state index contributed by atoms with van der Waals surface area (Å²) in [5.74, 6) is -2.00. The molecule has 0 atom stereocenters. The van der Waals surface area contributed by atoms with E-state index in [9.17, 15) is 14.4 Å². The SMILES string of the molecule is Cc1ccsc1C(=O)Oc1c(Br)c(Br)cc2cc(C(=O)O)c(=O)oc12. The van der Waals surface area contributed by atoms with E-state index in [0.717, 1.165) is 5.56 Å². The number of ether oxygens (including phenoxy) is 1. The Morgan fingerprint density at radius 2 is 2.00 bits per heavy atom. The van der Waals surface area contributed by atoms with E-state index in [2.05, 4.69) is 31.9 Å². The van der Waals surface area contributed by atoms with E-state index in [1.807, 2.05) is 0 Å². The summed E-state index contributed by atoms with van der Waals surface area (Å²) in [4.78, 5) is 35.8. The van der Waals surface area contributed by atoms with Crippen molar-refractivity contribution in [1.82, 2.24) is 0 Å². The van der Waals surface area contributed by atoms with Gasteiger partial charge in [-0.3, -0.25) is 0 Å². The molecular weight excluding hydrogens is 480 g/mol. The van der Waals surface area contributed by atoms with Crippen molar-refractivity contribution in [2.75, 3.05) is 0 Å². The quantitative estimate of drug-likeness (QED) is 0.329. The van der Waals surface area contributed by atoms with E-state index in [-0.39, 0.29) is 11.3 Å². The molecule has 2 heterocycles. The van der Waals surface area contributed by atoms with Gasteiger partial charge in [-0.2, -0.15) is 0 Å². The van der Waals surface area contributed by atoms with Crippen molar-refractivity contribution in [2.24, 2.45) is 0 Å². The van der Waals surface area contributed by atoms with E-state index in [0.29, 0.717) is 19.2 Å². The van der Waals surface area contributed by atoms with E-state index in [1.165, 1.54) is 17.4 Å². The number of benzene rings is 1. The molecule has 2 aromatic heterocycles. The number of halogens is 2. The molecule has 0 unspecified atom stereocenters. The summed E-state index contributed by atoms with van der Waals surface area (Å²) in [6.45, 7) is 1.78. The second-order valence-electron chi connectivity index (χ2n) is 4.99. The van der Waals surface area contributed by atoms with E-state index >= 15 is 0 Å². The maximum absolute atomic E-state index is 12.4. The van der Waals surface area contributed by atoms with Crippen LogP contribution in [0.3, 0.4) is 0 Å². The molecule has 0 fully saturated rings. The zero-order chi connectivity index (χ0) is 18.3. The van der Waals surface area contributed by atoms with Gasteiger partial charge in [-0.1, -0.05) is 0 Å². The maximum atomic E-state index is 12.4. The van der Waals surface area contributed by atoms with Gasteiger partial charge < -0.3 is 14.3 Å². The van der Waals surface area contributed by atoms with Gasteiger partial charge >= 0.3 is 17.6 Å². The van der Waals surface area contributed by atoms with Gasteiger partial charge in [0.15, 0.2) is 11.3 Å². The smallest absolute Gasteiger partial charge is 0.354 e. The molecule has 6 nitrogen and oxygen atoms in total. The summed E-state index contributed by atoms with van der Waals surface area (Å²) in [6, 6.07) is 4.52. The summed E-state index contributed by atoms with van der Waals surface area (Å²) in [7, 11) is 0. The first-order valence-corrected chi connectivity index (χ1v) is 9.21. The van der Waals surface area contributed by atoms with Crippen molar-refractivity contribution >= 4 is 66.1 Å². The number of rotatable bonds is 3. The summed E-state index contributed by atoms with van der Waals surface area (Å²) in [6.07, 6.45) is 0. The number of esters is 1. The Hall–Kier alpha value is -1.97. The Labute approximate surface area is 161 Å². The standard InChI is InChI=1S/C16H8Br2O6S/c1-6-2-3-25-13(6)16(22)24-12-10(18)9(17)5-7-4-8(14(19)20)15(21)23-11(7)12/h2-5H,1H3,(H,19,20). The van der Waals surface area contributed by atoms with Crippen molar-refractivity contribution in [3.63, 3.8) is 0 Å². The molecule has 9 heteroatoms. The van der Waals surface area contributed by atoms with Gasteiger partial charge in [0.2, 0.25) is 0 Å². The highest BCUT2D eigenvalue weighted by Crippen LogP contribution is 2.40. The molecule has 0 aliphatic rings. The fraction of sp³-hybridized carbons (Fsp3) is 0.0625. The van der Waals surface area contributed by atoms with Gasteiger partial charge in [0, 0.05) is 9.86 Å². The third-order valence-electron chi connectivity index (χ3n) is 3.35. The predicted molar refractivity (Wildman–Crippen MR) is 98.9 cm³/mol. The number of carbonyl (C=O) groups is 2. The van der Waals surface area contributed by atoms with Gasteiger partial charge in [0.25, 0.3) is 0 Å². The number of carboxylic acid groups (broad SMARTS) is 1. The Balaban J connectivity index is 2.20. The first-order valence-electron chi connectivity index (χ1n) is 6.75. The molecule has 0 amide bonds. The summed E-state index contributed by atoms with van der Waals surface area (Å²) < 4.78 is 11.4. The minimum Gasteiger partial charge on any atom is -0.477 e. The molecule has 0 spiro atoms. The third-order valence-corrected chi connectivity index (χ3v) is 6.29. The van der Waals surface area contributed by atoms with Gasteiger partial charge in [-0.15, -0.1) is 11.3 Å². The molecule has 25 heavy (non-hydrogen) atoms. The molecule has 0 aliphatic carbocycles. The number of aromatic carboxylic acids is 1. The average Bonchev–Trinajstić information content (AvgIpc) is 2.98. The molecular formula is C16H8Br2O6S. The Kier molecular flexibility index (Phi) is 4.81. The molecule has 0 bridgehead atoms. The molecule has 0 radical (unpaired) electrons. The van der Waals surface area contributed by atoms with Gasteiger partial charge in [0.05, 0.1) is 4.47 Å². The number of hydrogen-bond donors (Lipinski definition) is 1. The first-order chi connectivity index (χ1) is 11.8. The number of hydrogen-bond acceptors (Lipinski definition) is 6. The summed E-state index contributed by atoms with van der Waals surface area (Å²) in [5, 5.41) is 11.1. The Bertz CT molecular complexity index is 1080. The summed E-state index contributed by atoms with van der Waals surface area (Å²) >= 11 is 7.81. The fourth-order valence-electron chi connectivity index (χ4n) is 2.14. The number of carboxylic acids is 1. The second kappa shape index (κ2) is 6.74. The zero-order valence-corrected chi connectivity index (χ0v) is 16.5. The number of aryl methyl sites for hydroxylation is 1. The van der Waals surface area contributed by atoms with Gasteiger partial charge in [-0.05, 0) is 67.9 Å². The minimum absolute atomic E-state index is 0.00351. The summed E-state index contributed by atoms with van der Waals surface area (Å²) in [5.41, 5.74) is -0.792. The molecule has 3 aromatic rings. The van der Waals surface area contributed by atoms with Crippen LogP contribution in [0.15, 0.2) is 41.7 Å². The van der Waals surface area contributed by atoms with Crippen LogP contribution in [-0.2, 0) is 0 Å². The van der Waals surface area contributed by atoms with Crippen molar-refractivity contribution in [3.8, 4) is 5.75 Å². The first kappa shape index (κ1) is 17.8. The third kappa shape index (κ3) is 3.26. The lowest BCUT2D eigenvalue weighted by molar-refractivity contribution is 0.0688. The van der Waals surface area contributed by atoms with Gasteiger partial charge in [-0.25, -0.2) is 14.4 Å². The highest BCUT2D eigenvalue weighted by molar-refractivity contribution is 9.13. The lowest BCUT2D eigenvalue weighted by atomic mass is 10.2. The van der Waals surface area contributed by atoms with Crippen LogP contribution in [0.5, 0.6) is 5.75 Å². The molecule has 0 saturated carbocycles. The predicted octanol–water partition coefficient (Wildman–Crippen LogP) is 4.61. The van der Waals surface area contributed by atoms with Crippen LogP contribution in [0.1, 0.15) is 25.6 Å². The van der Waals surface area contributed by atoms with Crippen LogP contribution in [0.25, 0.3) is 11.0 Å². The minimum atomic E-state index is -1.40. The van der Waals surface area contributed by atoms with Crippen molar-refractivity contribution in [1.29, 1.82) is 0 Å². The van der Waals surface area contributed by atoms with Crippen LogP contribution in [0.2, 0.25) is 0 Å². The van der Waals surface area contributed by atoms with Crippen LogP contribution >= 0.6 is 43.2 Å².